The Morgan fingerprint density at radius 3 is 2.69 bits per heavy atom. The SMILES string of the molecule is COc1cc(C(C)C(=O)N2CC[C@H](Nc3ccc(-c4nc(C(C)(F)F)n(C)n4)c(C)n3)C2)c(F)cn1. The molecular weight excluding hydrogens is 475 g/mol. The van der Waals surface area contributed by atoms with E-state index in [1.165, 1.54) is 20.2 Å². The highest BCUT2D eigenvalue weighted by molar-refractivity contribution is 5.83. The maximum Gasteiger partial charge on any atom is 0.303 e. The molecule has 0 radical (unpaired) electrons. The number of ether oxygens (including phenoxy) is 1. The number of nitrogens with one attached hydrogen (secondary N) is 1. The van der Waals surface area contributed by atoms with Crippen molar-refractivity contribution in [2.75, 3.05) is 25.5 Å². The molecule has 1 N–H and O–H groups in total. The fourth-order valence-corrected chi connectivity index (χ4v) is 4.33. The lowest BCUT2D eigenvalue weighted by atomic mass is 10.0. The molecule has 3 aromatic rings. The molecule has 4 rings (SSSR count). The summed E-state index contributed by atoms with van der Waals surface area (Å²) < 4.78 is 47.9. The van der Waals surface area contributed by atoms with Crippen LogP contribution in [0.3, 0.4) is 0 Å². The molecule has 9 nitrogen and oxygen atoms in total. The lowest BCUT2D eigenvalue weighted by Crippen LogP contribution is -2.34. The highest BCUT2D eigenvalue weighted by atomic mass is 19.3. The van der Waals surface area contributed by atoms with E-state index in [4.69, 9.17) is 4.74 Å². The van der Waals surface area contributed by atoms with E-state index in [0.717, 1.165) is 17.8 Å². The standard InChI is InChI=1S/C24H28F3N7O2/c1-13(17-10-20(36-5)28-11-18(17)25)22(35)34-9-8-15(12-34)30-19-7-6-16(14(2)29-19)21-31-23(24(3,26)27)33(4)32-21/h6-7,10-11,13,15H,8-9,12H2,1-5H3,(H,29,30)/t13?,15-/m0/s1. The largest absolute Gasteiger partial charge is 0.481 e. The van der Waals surface area contributed by atoms with E-state index in [1.807, 2.05) is 0 Å². The van der Waals surface area contributed by atoms with Gasteiger partial charge in [-0.05, 0) is 32.4 Å². The van der Waals surface area contributed by atoms with E-state index in [9.17, 15) is 18.0 Å². The lowest BCUT2D eigenvalue weighted by molar-refractivity contribution is -0.131. The van der Waals surface area contributed by atoms with E-state index >= 15 is 0 Å². The first-order chi connectivity index (χ1) is 17.0. The first-order valence-corrected chi connectivity index (χ1v) is 11.5. The van der Waals surface area contributed by atoms with Crippen molar-refractivity contribution in [1.82, 2.24) is 29.6 Å². The summed E-state index contributed by atoms with van der Waals surface area (Å²) in [5.74, 6) is -3.94. The molecule has 0 aromatic carbocycles. The molecule has 1 unspecified atom stereocenters. The molecule has 1 fully saturated rings. The third kappa shape index (κ3) is 5.12. The lowest BCUT2D eigenvalue weighted by Gasteiger charge is -2.22. The van der Waals surface area contributed by atoms with Crippen molar-refractivity contribution in [2.24, 2.45) is 7.05 Å². The molecule has 3 aromatic heterocycles. The van der Waals surface area contributed by atoms with Crippen LogP contribution in [-0.4, -0.2) is 61.8 Å². The summed E-state index contributed by atoms with van der Waals surface area (Å²) in [4.78, 5) is 27.1. The van der Waals surface area contributed by atoms with Gasteiger partial charge in [-0.1, -0.05) is 0 Å². The van der Waals surface area contributed by atoms with Gasteiger partial charge < -0.3 is 15.0 Å². The van der Waals surface area contributed by atoms with Crippen LogP contribution in [0, 0.1) is 12.7 Å². The molecule has 0 aliphatic carbocycles. The number of carbonyl (C=O) groups excluding carboxylic acids is 1. The molecule has 0 bridgehead atoms. The van der Waals surface area contributed by atoms with Crippen LogP contribution in [0.15, 0.2) is 24.4 Å². The number of pyridine rings is 2. The highest BCUT2D eigenvalue weighted by Crippen LogP contribution is 2.29. The van der Waals surface area contributed by atoms with Gasteiger partial charge in [-0.15, -0.1) is 0 Å². The van der Waals surface area contributed by atoms with Crippen molar-refractivity contribution < 1.29 is 22.7 Å². The van der Waals surface area contributed by atoms with Crippen molar-refractivity contribution in [1.29, 1.82) is 0 Å². The van der Waals surface area contributed by atoms with Crippen LogP contribution in [0.5, 0.6) is 5.88 Å². The second kappa shape index (κ2) is 9.75. The van der Waals surface area contributed by atoms with Gasteiger partial charge >= 0.3 is 5.92 Å². The molecule has 2 atom stereocenters. The molecule has 1 aliphatic heterocycles. The van der Waals surface area contributed by atoms with Gasteiger partial charge in [0, 0.05) is 50.3 Å². The number of aryl methyl sites for hydroxylation is 2. The Morgan fingerprint density at radius 1 is 1.31 bits per heavy atom. The van der Waals surface area contributed by atoms with Gasteiger partial charge in [-0.3, -0.25) is 4.79 Å². The first-order valence-electron chi connectivity index (χ1n) is 11.5. The molecular formula is C24H28F3N7O2. The Labute approximate surface area is 206 Å². The van der Waals surface area contributed by atoms with Crippen molar-refractivity contribution in [2.45, 2.75) is 45.1 Å². The summed E-state index contributed by atoms with van der Waals surface area (Å²) in [5, 5.41) is 7.43. The van der Waals surface area contributed by atoms with Crippen molar-refractivity contribution in [3.63, 3.8) is 0 Å². The molecule has 12 heteroatoms. The summed E-state index contributed by atoms with van der Waals surface area (Å²) in [6.45, 7) is 5.15. The van der Waals surface area contributed by atoms with Crippen LogP contribution in [-0.2, 0) is 17.8 Å². The fourth-order valence-electron chi connectivity index (χ4n) is 4.33. The Hall–Kier alpha value is -3.70. The third-order valence-corrected chi connectivity index (χ3v) is 6.24. The number of carbonyl (C=O) groups is 1. The van der Waals surface area contributed by atoms with Crippen molar-refractivity contribution >= 4 is 11.7 Å². The van der Waals surface area contributed by atoms with E-state index in [1.54, 1.807) is 30.9 Å². The fraction of sp³-hybridized carbons (Fsp3) is 0.458. The summed E-state index contributed by atoms with van der Waals surface area (Å²) in [6, 6.07) is 4.86. The molecule has 1 saturated heterocycles. The van der Waals surface area contributed by atoms with Gasteiger partial charge in [0.05, 0.1) is 24.9 Å². The summed E-state index contributed by atoms with van der Waals surface area (Å²) in [7, 11) is 2.86. The predicted molar refractivity (Wildman–Crippen MR) is 126 cm³/mol. The smallest absolute Gasteiger partial charge is 0.303 e. The number of hydrogen-bond acceptors (Lipinski definition) is 7. The van der Waals surface area contributed by atoms with Crippen molar-refractivity contribution in [3.05, 3.63) is 47.3 Å². The van der Waals surface area contributed by atoms with E-state index < -0.39 is 23.5 Å². The maximum absolute atomic E-state index is 14.3. The summed E-state index contributed by atoms with van der Waals surface area (Å²) >= 11 is 0. The topological polar surface area (TPSA) is 98.1 Å². The van der Waals surface area contributed by atoms with Crippen LogP contribution in [0.1, 0.15) is 43.3 Å². The molecule has 1 amide bonds. The average molecular weight is 504 g/mol. The molecule has 0 saturated carbocycles. The first kappa shape index (κ1) is 25.4. The van der Waals surface area contributed by atoms with Gasteiger partial charge in [0.2, 0.25) is 11.8 Å². The molecule has 36 heavy (non-hydrogen) atoms. The second-order valence-corrected chi connectivity index (χ2v) is 8.98. The Kier molecular flexibility index (Phi) is 6.87. The van der Waals surface area contributed by atoms with Crippen LogP contribution < -0.4 is 10.1 Å². The minimum Gasteiger partial charge on any atom is -0.481 e. The van der Waals surface area contributed by atoms with Gasteiger partial charge in [-0.25, -0.2) is 24.0 Å². The normalized spacial score (nSPS) is 16.8. The zero-order chi connectivity index (χ0) is 26.2. The number of halogens is 3. The number of anilines is 1. The van der Waals surface area contributed by atoms with Gasteiger partial charge in [0.1, 0.15) is 11.6 Å². The van der Waals surface area contributed by atoms with Gasteiger partial charge in [0.25, 0.3) is 0 Å². The highest BCUT2D eigenvalue weighted by Gasteiger charge is 2.33. The minimum absolute atomic E-state index is 0.0471. The third-order valence-electron chi connectivity index (χ3n) is 6.24. The number of amides is 1. The number of rotatable bonds is 7. The van der Waals surface area contributed by atoms with Crippen LogP contribution >= 0.6 is 0 Å². The second-order valence-electron chi connectivity index (χ2n) is 8.98. The van der Waals surface area contributed by atoms with Crippen LogP contribution in [0.25, 0.3) is 11.4 Å². The maximum atomic E-state index is 14.3. The van der Waals surface area contributed by atoms with Crippen molar-refractivity contribution in [3.8, 4) is 17.3 Å². The summed E-state index contributed by atoms with van der Waals surface area (Å²) in [6.07, 6.45) is 1.75. The van der Waals surface area contributed by atoms with Gasteiger partial charge in [-0.2, -0.15) is 13.9 Å². The molecule has 192 valence electrons. The summed E-state index contributed by atoms with van der Waals surface area (Å²) in [5.41, 5.74) is 1.38. The average Bonchev–Trinajstić information content (AvgIpc) is 3.45. The van der Waals surface area contributed by atoms with Gasteiger partial charge in [0.15, 0.2) is 11.6 Å². The van der Waals surface area contributed by atoms with Crippen LogP contribution in [0.2, 0.25) is 0 Å². The molecule has 1 aliphatic rings. The number of hydrogen-bond donors (Lipinski definition) is 1. The number of nitrogens with zero attached hydrogens (tertiary/aromatic N) is 6. The number of aromatic nitrogens is 5. The zero-order valence-corrected chi connectivity index (χ0v) is 20.7. The number of likely N-dealkylation sites (tertiary alicyclic amines) is 1. The predicted octanol–water partition coefficient (Wildman–Crippen LogP) is 3.66. The Bertz CT molecular complexity index is 1280. The van der Waals surface area contributed by atoms with E-state index in [0.29, 0.717) is 36.6 Å². The Balaban J connectivity index is 1.42. The zero-order valence-electron chi connectivity index (χ0n) is 20.7. The number of methoxy groups -OCH3 is 1. The quantitative estimate of drug-likeness (QED) is 0.526. The van der Waals surface area contributed by atoms with Crippen LogP contribution in [0.4, 0.5) is 19.0 Å². The van der Waals surface area contributed by atoms with E-state index in [2.05, 4.69) is 25.4 Å². The minimum atomic E-state index is -3.11. The Morgan fingerprint density at radius 2 is 2.06 bits per heavy atom. The molecule has 4 heterocycles. The van der Waals surface area contributed by atoms with E-state index in [-0.39, 0.29) is 29.2 Å². The number of alkyl halides is 2. The monoisotopic (exact) mass is 503 g/mol. The molecule has 0 spiro atoms.